The van der Waals surface area contributed by atoms with Crippen molar-refractivity contribution < 1.29 is 9.90 Å². The molecule has 0 saturated carbocycles. The Balaban J connectivity index is 2.13. The van der Waals surface area contributed by atoms with E-state index in [1.165, 1.54) is 0 Å². The lowest BCUT2D eigenvalue weighted by Crippen LogP contribution is -2.63. The molecule has 1 aliphatic rings. The molecule has 1 heterocycles. The van der Waals surface area contributed by atoms with Gasteiger partial charge in [-0.1, -0.05) is 37.3 Å². The lowest BCUT2D eigenvalue weighted by Gasteiger charge is -2.41. The first kappa shape index (κ1) is 14.0. The van der Waals surface area contributed by atoms with Crippen LogP contribution in [0.2, 0.25) is 0 Å². The number of rotatable bonds is 5. The maximum atomic E-state index is 11.8. The van der Waals surface area contributed by atoms with Gasteiger partial charge in [0.25, 0.3) is 0 Å². The largest absolute Gasteiger partial charge is 0.480 e. The number of aliphatic carboxylic acids is 1. The third-order valence-corrected chi connectivity index (χ3v) is 4.11. The van der Waals surface area contributed by atoms with Gasteiger partial charge in [-0.05, 0) is 24.9 Å². The average Bonchev–Trinajstić information content (AvgIpc) is 2.46. The van der Waals surface area contributed by atoms with Crippen LogP contribution in [0.5, 0.6) is 0 Å². The van der Waals surface area contributed by atoms with Gasteiger partial charge in [-0.25, -0.2) is 0 Å². The van der Waals surface area contributed by atoms with Gasteiger partial charge < -0.3 is 10.4 Å². The number of piperidine rings is 1. The van der Waals surface area contributed by atoms with Gasteiger partial charge in [-0.3, -0.25) is 10.1 Å². The molecule has 4 nitrogen and oxygen atoms in total. The average molecular weight is 262 g/mol. The fraction of sp³-hybridized carbons (Fsp3) is 0.533. The molecule has 1 saturated heterocycles. The van der Waals surface area contributed by atoms with Crippen molar-refractivity contribution in [1.29, 1.82) is 0 Å². The first-order chi connectivity index (χ1) is 9.19. The van der Waals surface area contributed by atoms with E-state index in [2.05, 4.69) is 17.6 Å². The second-order valence-electron chi connectivity index (χ2n) is 5.17. The standard InChI is InChI=1S/C15H22N2O2/c1-2-13-11-16-9-8-15(13,14(18)19)17-10-12-6-4-3-5-7-12/h3-7,13,16-17H,2,8-11H2,1H3,(H,18,19). The summed E-state index contributed by atoms with van der Waals surface area (Å²) in [6.07, 6.45) is 1.49. The van der Waals surface area contributed by atoms with Crippen LogP contribution in [0.4, 0.5) is 0 Å². The zero-order valence-electron chi connectivity index (χ0n) is 11.4. The molecule has 0 aliphatic carbocycles. The second-order valence-corrected chi connectivity index (χ2v) is 5.17. The fourth-order valence-corrected chi connectivity index (χ4v) is 2.88. The van der Waals surface area contributed by atoms with E-state index in [0.29, 0.717) is 13.0 Å². The van der Waals surface area contributed by atoms with Crippen molar-refractivity contribution in [2.45, 2.75) is 31.8 Å². The predicted octanol–water partition coefficient (Wildman–Crippen LogP) is 1.62. The zero-order chi connectivity index (χ0) is 13.7. The van der Waals surface area contributed by atoms with Crippen LogP contribution in [0.1, 0.15) is 25.3 Å². The Labute approximate surface area is 114 Å². The van der Waals surface area contributed by atoms with E-state index in [1.807, 2.05) is 30.3 Å². The van der Waals surface area contributed by atoms with Gasteiger partial charge in [0.15, 0.2) is 0 Å². The van der Waals surface area contributed by atoms with E-state index in [1.54, 1.807) is 0 Å². The molecule has 0 amide bonds. The molecule has 2 unspecified atom stereocenters. The quantitative estimate of drug-likeness (QED) is 0.754. The normalized spacial score (nSPS) is 27.1. The van der Waals surface area contributed by atoms with E-state index in [-0.39, 0.29) is 5.92 Å². The molecule has 3 N–H and O–H groups in total. The molecule has 2 atom stereocenters. The second kappa shape index (κ2) is 6.17. The molecule has 0 radical (unpaired) electrons. The summed E-state index contributed by atoms with van der Waals surface area (Å²) in [5.74, 6) is -0.598. The highest BCUT2D eigenvalue weighted by atomic mass is 16.4. The molecule has 1 aliphatic heterocycles. The topological polar surface area (TPSA) is 61.4 Å². The Morgan fingerprint density at radius 3 is 2.84 bits per heavy atom. The van der Waals surface area contributed by atoms with Crippen molar-refractivity contribution >= 4 is 5.97 Å². The molecule has 4 heteroatoms. The molecule has 1 aromatic carbocycles. The smallest absolute Gasteiger partial charge is 0.324 e. The molecule has 19 heavy (non-hydrogen) atoms. The summed E-state index contributed by atoms with van der Waals surface area (Å²) in [7, 11) is 0. The van der Waals surface area contributed by atoms with Crippen molar-refractivity contribution in [3.05, 3.63) is 35.9 Å². The highest BCUT2D eigenvalue weighted by Crippen LogP contribution is 2.28. The van der Waals surface area contributed by atoms with Crippen LogP contribution >= 0.6 is 0 Å². The van der Waals surface area contributed by atoms with Crippen LogP contribution < -0.4 is 10.6 Å². The van der Waals surface area contributed by atoms with Gasteiger partial charge >= 0.3 is 5.97 Å². The number of carboxylic acid groups (broad SMARTS) is 1. The molecule has 0 aromatic heterocycles. The lowest BCUT2D eigenvalue weighted by molar-refractivity contribution is -0.149. The molecule has 0 bridgehead atoms. The summed E-state index contributed by atoms with van der Waals surface area (Å²) in [6.45, 7) is 4.18. The first-order valence-electron chi connectivity index (χ1n) is 6.92. The summed E-state index contributed by atoms with van der Waals surface area (Å²) >= 11 is 0. The van der Waals surface area contributed by atoms with Crippen molar-refractivity contribution in [1.82, 2.24) is 10.6 Å². The van der Waals surface area contributed by atoms with E-state index < -0.39 is 11.5 Å². The molecule has 104 valence electrons. The number of carbonyl (C=O) groups is 1. The summed E-state index contributed by atoms with van der Waals surface area (Å²) in [4.78, 5) is 11.8. The predicted molar refractivity (Wildman–Crippen MR) is 74.9 cm³/mol. The number of hydrogen-bond acceptors (Lipinski definition) is 3. The highest BCUT2D eigenvalue weighted by molar-refractivity contribution is 5.79. The van der Waals surface area contributed by atoms with E-state index in [9.17, 15) is 9.90 Å². The lowest BCUT2D eigenvalue weighted by atomic mass is 9.76. The van der Waals surface area contributed by atoms with Crippen LogP contribution in [0, 0.1) is 5.92 Å². The Morgan fingerprint density at radius 1 is 1.47 bits per heavy atom. The maximum absolute atomic E-state index is 11.8. The van der Waals surface area contributed by atoms with Crippen LogP contribution in [0.15, 0.2) is 30.3 Å². The minimum Gasteiger partial charge on any atom is -0.480 e. The Kier molecular flexibility index (Phi) is 4.56. The molecule has 2 rings (SSSR count). The summed E-state index contributed by atoms with van der Waals surface area (Å²) in [5.41, 5.74) is 0.326. The van der Waals surface area contributed by atoms with Crippen LogP contribution in [0.25, 0.3) is 0 Å². The van der Waals surface area contributed by atoms with Crippen molar-refractivity contribution in [3.8, 4) is 0 Å². The SMILES string of the molecule is CCC1CNCCC1(NCc1ccccc1)C(=O)O. The summed E-state index contributed by atoms with van der Waals surface area (Å²) in [6, 6.07) is 9.96. The van der Waals surface area contributed by atoms with Crippen molar-refractivity contribution in [2.24, 2.45) is 5.92 Å². The number of hydrogen-bond donors (Lipinski definition) is 3. The minimum absolute atomic E-state index is 0.127. The van der Waals surface area contributed by atoms with Gasteiger partial charge in [0.05, 0.1) is 0 Å². The Bertz CT molecular complexity index is 421. The van der Waals surface area contributed by atoms with Crippen LogP contribution in [0.3, 0.4) is 0 Å². The third-order valence-electron chi connectivity index (χ3n) is 4.11. The monoisotopic (exact) mass is 262 g/mol. The van der Waals surface area contributed by atoms with Crippen molar-refractivity contribution in [2.75, 3.05) is 13.1 Å². The van der Waals surface area contributed by atoms with Crippen molar-refractivity contribution in [3.63, 3.8) is 0 Å². The minimum atomic E-state index is -0.796. The molecular formula is C15H22N2O2. The number of carboxylic acids is 1. The van der Waals surface area contributed by atoms with Crippen LogP contribution in [-0.4, -0.2) is 29.7 Å². The van der Waals surface area contributed by atoms with Gasteiger partial charge in [-0.2, -0.15) is 0 Å². The summed E-state index contributed by atoms with van der Waals surface area (Å²) in [5, 5.41) is 16.3. The van der Waals surface area contributed by atoms with Gasteiger partial charge in [0.2, 0.25) is 0 Å². The third kappa shape index (κ3) is 2.96. The molecule has 1 aromatic rings. The first-order valence-corrected chi connectivity index (χ1v) is 6.92. The van der Waals surface area contributed by atoms with Crippen LogP contribution in [-0.2, 0) is 11.3 Å². The van der Waals surface area contributed by atoms with Gasteiger partial charge in [0, 0.05) is 19.0 Å². The Hall–Kier alpha value is -1.39. The molecular weight excluding hydrogens is 240 g/mol. The Morgan fingerprint density at radius 2 is 2.21 bits per heavy atom. The van der Waals surface area contributed by atoms with E-state index >= 15 is 0 Å². The van der Waals surface area contributed by atoms with Gasteiger partial charge in [0.1, 0.15) is 5.54 Å². The highest BCUT2D eigenvalue weighted by Gasteiger charge is 2.46. The maximum Gasteiger partial charge on any atom is 0.324 e. The van der Waals surface area contributed by atoms with Gasteiger partial charge in [-0.15, -0.1) is 0 Å². The van der Waals surface area contributed by atoms with E-state index in [4.69, 9.17) is 0 Å². The number of nitrogens with one attached hydrogen (secondary N) is 2. The van der Waals surface area contributed by atoms with E-state index in [0.717, 1.165) is 25.1 Å². The zero-order valence-corrected chi connectivity index (χ0v) is 11.4. The summed E-state index contributed by atoms with van der Waals surface area (Å²) < 4.78 is 0. The molecule has 0 spiro atoms. The molecule has 1 fully saturated rings. The fourth-order valence-electron chi connectivity index (χ4n) is 2.88. The number of benzene rings is 1.